The standard InChI is InChI=1S/C12H7Cl2NO2S/c13-7-5-9(14)11(15-6-7)18-10-4-2-1-3-8(10)12(16)17/h1-6H,(H,16,17). The molecule has 0 aliphatic carbocycles. The Balaban J connectivity index is 2.37. The first-order chi connectivity index (χ1) is 8.58. The summed E-state index contributed by atoms with van der Waals surface area (Å²) in [5, 5.41) is 10.4. The normalized spacial score (nSPS) is 10.3. The molecule has 0 amide bonds. The summed E-state index contributed by atoms with van der Waals surface area (Å²) in [7, 11) is 0. The zero-order valence-corrected chi connectivity index (χ0v) is 11.3. The van der Waals surface area contributed by atoms with E-state index in [4.69, 9.17) is 28.3 Å². The number of rotatable bonds is 3. The van der Waals surface area contributed by atoms with Gasteiger partial charge < -0.3 is 5.11 Å². The van der Waals surface area contributed by atoms with Crippen molar-refractivity contribution in [3.05, 3.63) is 52.1 Å². The molecule has 18 heavy (non-hydrogen) atoms. The van der Waals surface area contributed by atoms with E-state index in [-0.39, 0.29) is 5.56 Å². The van der Waals surface area contributed by atoms with Crippen molar-refractivity contribution in [1.29, 1.82) is 0 Å². The number of pyridine rings is 1. The average molecular weight is 300 g/mol. The summed E-state index contributed by atoms with van der Waals surface area (Å²) in [6.45, 7) is 0. The van der Waals surface area contributed by atoms with Crippen molar-refractivity contribution in [3.63, 3.8) is 0 Å². The summed E-state index contributed by atoms with van der Waals surface area (Å²) in [6, 6.07) is 8.25. The lowest BCUT2D eigenvalue weighted by molar-refractivity contribution is 0.0693. The summed E-state index contributed by atoms with van der Waals surface area (Å²) in [6.07, 6.45) is 1.47. The number of benzene rings is 1. The maximum atomic E-state index is 11.1. The molecule has 0 spiro atoms. The molecular weight excluding hydrogens is 293 g/mol. The molecule has 3 nitrogen and oxygen atoms in total. The lowest BCUT2D eigenvalue weighted by Crippen LogP contribution is -1.98. The first kappa shape index (κ1) is 13.2. The average Bonchev–Trinajstić information content (AvgIpc) is 2.33. The number of hydrogen-bond acceptors (Lipinski definition) is 3. The Bertz CT molecular complexity index is 604. The maximum Gasteiger partial charge on any atom is 0.336 e. The van der Waals surface area contributed by atoms with Crippen LogP contribution in [0.4, 0.5) is 0 Å². The smallest absolute Gasteiger partial charge is 0.336 e. The molecule has 1 aromatic heterocycles. The van der Waals surface area contributed by atoms with Gasteiger partial charge >= 0.3 is 5.97 Å². The molecule has 1 heterocycles. The van der Waals surface area contributed by atoms with Gasteiger partial charge in [-0.2, -0.15) is 0 Å². The van der Waals surface area contributed by atoms with Gasteiger partial charge in [-0.1, -0.05) is 47.1 Å². The number of nitrogens with zero attached hydrogens (tertiary/aromatic N) is 1. The molecule has 1 aromatic carbocycles. The third kappa shape index (κ3) is 2.96. The largest absolute Gasteiger partial charge is 0.478 e. The predicted octanol–water partition coefficient (Wildman–Crippen LogP) is 4.24. The van der Waals surface area contributed by atoms with Gasteiger partial charge in [0, 0.05) is 11.1 Å². The Morgan fingerprint density at radius 1 is 1.28 bits per heavy atom. The van der Waals surface area contributed by atoms with Crippen LogP contribution >= 0.6 is 35.0 Å². The summed E-state index contributed by atoms with van der Waals surface area (Å²) in [5.74, 6) is -0.983. The fourth-order valence-corrected chi connectivity index (χ4v) is 2.69. The molecule has 0 aliphatic rings. The van der Waals surface area contributed by atoms with E-state index in [0.29, 0.717) is 20.0 Å². The van der Waals surface area contributed by atoms with E-state index in [1.807, 2.05) is 0 Å². The van der Waals surface area contributed by atoms with Crippen LogP contribution < -0.4 is 0 Å². The highest BCUT2D eigenvalue weighted by Gasteiger charge is 2.12. The van der Waals surface area contributed by atoms with E-state index >= 15 is 0 Å². The summed E-state index contributed by atoms with van der Waals surface area (Å²) in [5.41, 5.74) is 0.218. The zero-order valence-electron chi connectivity index (χ0n) is 8.93. The second kappa shape index (κ2) is 5.61. The molecule has 1 N–H and O–H groups in total. The van der Waals surface area contributed by atoms with Crippen molar-refractivity contribution < 1.29 is 9.90 Å². The number of aromatic carboxylic acids is 1. The van der Waals surface area contributed by atoms with Crippen LogP contribution in [0.15, 0.2) is 46.5 Å². The lowest BCUT2D eigenvalue weighted by atomic mass is 10.2. The highest BCUT2D eigenvalue weighted by molar-refractivity contribution is 7.99. The van der Waals surface area contributed by atoms with Crippen LogP contribution in [-0.4, -0.2) is 16.1 Å². The van der Waals surface area contributed by atoms with Crippen LogP contribution in [-0.2, 0) is 0 Å². The van der Waals surface area contributed by atoms with Gasteiger partial charge in [0.2, 0.25) is 0 Å². The van der Waals surface area contributed by atoms with Crippen molar-refractivity contribution >= 4 is 40.9 Å². The van der Waals surface area contributed by atoms with Crippen LogP contribution in [0.3, 0.4) is 0 Å². The zero-order chi connectivity index (χ0) is 13.1. The van der Waals surface area contributed by atoms with Gasteiger partial charge in [-0.05, 0) is 18.2 Å². The fraction of sp³-hybridized carbons (Fsp3) is 0. The molecule has 0 aliphatic heterocycles. The molecule has 0 saturated carbocycles. The Kier molecular flexibility index (Phi) is 4.11. The van der Waals surface area contributed by atoms with Crippen molar-refractivity contribution in [2.75, 3.05) is 0 Å². The van der Waals surface area contributed by atoms with Crippen molar-refractivity contribution in [2.24, 2.45) is 0 Å². The van der Waals surface area contributed by atoms with Gasteiger partial charge in [0.25, 0.3) is 0 Å². The first-order valence-corrected chi connectivity index (χ1v) is 6.46. The van der Waals surface area contributed by atoms with Gasteiger partial charge in [-0.25, -0.2) is 9.78 Å². The Labute approximate surface area is 118 Å². The van der Waals surface area contributed by atoms with Gasteiger partial charge in [-0.15, -0.1) is 0 Å². The fourth-order valence-electron chi connectivity index (χ4n) is 1.31. The van der Waals surface area contributed by atoms with Crippen LogP contribution in [0.1, 0.15) is 10.4 Å². The van der Waals surface area contributed by atoms with E-state index in [0.717, 1.165) is 0 Å². The van der Waals surface area contributed by atoms with E-state index in [9.17, 15) is 4.79 Å². The minimum absolute atomic E-state index is 0.218. The van der Waals surface area contributed by atoms with E-state index in [1.165, 1.54) is 24.0 Å². The number of hydrogen-bond donors (Lipinski definition) is 1. The first-order valence-electron chi connectivity index (χ1n) is 4.89. The molecule has 92 valence electrons. The number of halogens is 2. The molecule has 0 saturated heterocycles. The lowest BCUT2D eigenvalue weighted by Gasteiger charge is -2.06. The van der Waals surface area contributed by atoms with E-state index < -0.39 is 5.97 Å². The Morgan fingerprint density at radius 2 is 2.00 bits per heavy atom. The van der Waals surface area contributed by atoms with E-state index in [2.05, 4.69) is 4.98 Å². The van der Waals surface area contributed by atoms with Gasteiger partial charge in [-0.3, -0.25) is 0 Å². The molecule has 0 fully saturated rings. The third-order valence-corrected chi connectivity index (χ3v) is 3.80. The third-order valence-electron chi connectivity index (χ3n) is 2.10. The van der Waals surface area contributed by atoms with Gasteiger partial charge in [0.15, 0.2) is 0 Å². The van der Waals surface area contributed by atoms with Crippen molar-refractivity contribution in [1.82, 2.24) is 4.98 Å². The quantitative estimate of drug-likeness (QED) is 0.921. The van der Waals surface area contributed by atoms with Crippen LogP contribution in [0, 0.1) is 0 Å². The van der Waals surface area contributed by atoms with Gasteiger partial charge in [0.05, 0.1) is 15.6 Å². The molecule has 2 rings (SSSR count). The second-order valence-electron chi connectivity index (χ2n) is 3.34. The minimum atomic E-state index is -0.983. The summed E-state index contributed by atoms with van der Waals surface area (Å²) >= 11 is 12.9. The topological polar surface area (TPSA) is 50.2 Å². The number of carbonyl (C=O) groups is 1. The summed E-state index contributed by atoms with van der Waals surface area (Å²) in [4.78, 5) is 15.7. The Hall–Kier alpha value is -1.23. The molecule has 0 radical (unpaired) electrons. The molecule has 0 bridgehead atoms. The van der Waals surface area contributed by atoms with Crippen molar-refractivity contribution in [2.45, 2.75) is 9.92 Å². The molecule has 0 unspecified atom stereocenters. The second-order valence-corrected chi connectivity index (χ2v) is 5.22. The van der Waals surface area contributed by atoms with Crippen LogP contribution in [0.2, 0.25) is 10.0 Å². The monoisotopic (exact) mass is 299 g/mol. The molecule has 0 atom stereocenters. The number of carboxylic acids is 1. The highest BCUT2D eigenvalue weighted by atomic mass is 35.5. The van der Waals surface area contributed by atoms with Crippen LogP contribution in [0.5, 0.6) is 0 Å². The SMILES string of the molecule is O=C(O)c1ccccc1Sc1ncc(Cl)cc1Cl. The summed E-state index contributed by atoms with van der Waals surface area (Å²) < 4.78 is 0. The minimum Gasteiger partial charge on any atom is -0.478 e. The highest BCUT2D eigenvalue weighted by Crippen LogP contribution is 2.34. The number of carboxylic acid groups (broad SMARTS) is 1. The van der Waals surface area contributed by atoms with Crippen LogP contribution in [0.25, 0.3) is 0 Å². The molecule has 6 heteroatoms. The molecule has 2 aromatic rings. The molecular formula is C12H7Cl2NO2S. The van der Waals surface area contributed by atoms with E-state index in [1.54, 1.807) is 24.3 Å². The maximum absolute atomic E-state index is 11.1. The Morgan fingerprint density at radius 3 is 2.67 bits per heavy atom. The van der Waals surface area contributed by atoms with Crippen molar-refractivity contribution in [3.8, 4) is 0 Å². The number of aromatic nitrogens is 1. The van der Waals surface area contributed by atoms with Gasteiger partial charge in [0.1, 0.15) is 5.03 Å². The predicted molar refractivity (Wildman–Crippen MR) is 71.8 cm³/mol.